The Morgan fingerprint density at radius 3 is 2.90 bits per heavy atom. The molecule has 0 aromatic carbocycles. The summed E-state index contributed by atoms with van der Waals surface area (Å²) in [4.78, 5) is 28.7. The predicted molar refractivity (Wildman–Crippen MR) is 115 cm³/mol. The van der Waals surface area contributed by atoms with Gasteiger partial charge in [0.15, 0.2) is 11.0 Å². The Kier molecular flexibility index (Phi) is 4.72. The van der Waals surface area contributed by atoms with Crippen LogP contribution in [0.5, 0.6) is 0 Å². The summed E-state index contributed by atoms with van der Waals surface area (Å²) in [6.07, 6.45) is 1.89. The zero-order valence-electron chi connectivity index (χ0n) is 20.3. The van der Waals surface area contributed by atoms with Crippen LogP contribution in [-0.2, 0) is 9.47 Å². The summed E-state index contributed by atoms with van der Waals surface area (Å²) in [5.74, 6) is -0.507. The third-order valence-corrected chi connectivity index (χ3v) is 5.99. The molecule has 2 saturated heterocycles. The zero-order chi connectivity index (χ0) is 25.1. The van der Waals surface area contributed by atoms with Crippen LogP contribution < -0.4 is 4.90 Å². The number of hydrogen-bond donors (Lipinski definition) is 0. The van der Waals surface area contributed by atoms with Crippen molar-refractivity contribution in [1.29, 1.82) is 0 Å². The summed E-state index contributed by atoms with van der Waals surface area (Å²) in [5.41, 5.74) is -1.83. The van der Waals surface area contributed by atoms with Crippen molar-refractivity contribution in [3.05, 3.63) is 22.5 Å². The summed E-state index contributed by atoms with van der Waals surface area (Å²) >= 11 is 11.9. The van der Waals surface area contributed by atoms with E-state index in [0.717, 1.165) is 0 Å². The van der Waals surface area contributed by atoms with Crippen LogP contribution in [0.25, 0.3) is 10.9 Å². The molecule has 2 aliphatic rings. The molecule has 168 valence electrons. The van der Waals surface area contributed by atoms with Crippen molar-refractivity contribution in [3.63, 3.8) is 0 Å². The quantitative estimate of drug-likeness (QED) is 0.489. The molecule has 0 aliphatic carbocycles. The molecule has 31 heavy (non-hydrogen) atoms. The van der Waals surface area contributed by atoms with Crippen LogP contribution in [0, 0.1) is 5.82 Å². The second-order valence-electron chi connectivity index (χ2n) is 8.88. The number of piperazine rings is 1. The molecule has 0 saturated carbocycles. The van der Waals surface area contributed by atoms with Crippen LogP contribution in [0.4, 0.5) is 15.0 Å². The van der Waals surface area contributed by atoms with E-state index in [-0.39, 0.29) is 35.1 Å². The van der Waals surface area contributed by atoms with Crippen LogP contribution in [0.1, 0.15) is 37.7 Å². The Labute approximate surface area is 193 Å². The van der Waals surface area contributed by atoms with Gasteiger partial charge in [-0.05, 0) is 45.2 Å². The zero-order valence-corrected chi connectivity index (χ0v) is 18.8. The molecule has 4 rings (SSSR count). The van der Waals surface area contributed by atoms with E-state index in [1.54, 1.807) is 25.7 Å². The number of halogens is 3. The lowest BCUT2D eigenvalue weighted by molar-refractivity contribution is -0.0261. The fraction of sp³-hybridized carbons (Fsp3) is 0.600. The van der Waals surface area contributed by atoms with Crippen LogP contribution in [0.15, 0.2) is 6.20 Å². The number of nitrogens with zero attached hydrogens (tertiary/aromatic N) is 5. The highest BCUT2D eigenvalue weighted by atomic mass is 35.5. The van der Waals surface area contributed by atoms with Crippen LogP contribution in [0.3, 0.4) is 0 Å². The number of amides is 1. The van der Waals surface area contributed by atoms with Crippen LogP contribution >= 0.6 is 23.2 Å². The Hall–Kier alpha value is -1.97. The van der Waals surface area contributed by atoms with Crippen molar-refractivity contribution >= 4 is 46.0 Å². The summed E-state index contributed by atoms with van der Waals surface area (Å²) in [7, 11) is -2.65. The fourth-order valence-corrected chi connectivity index (χ4v) is 4.75. The monoisotopic (exact) mass is 474 g/mol. The number of pyridine rings is 1. The molecular weight excluding hydrogens is 448 g/mol. The first-order valence-electron chi connectivity index (χ1n) is 11.3. The molecule has 2 atom stereocenters. The molecule has 4 heterocycles. The van der Waals surface area contributed by atoms with Crippen molar-refractivity contribution < 1.29 is 22.8 Å². The number of ether oxygens (including phenoxy) is 2. The molecule has 8 nitrogen and oxygen atoms in total. The first-order valence-corrected chi connectivity index (χ1v) is 10.5. The minimum Gasteiger partial charge on any atom is -0.444 e. The normalized spacial score (nSPS) is 25.4. The maximum Gasteiger partial charge on any atom is 0.411 e. The van der Waals surface area contributed by atoms with E-state index in [1.807, 2.05) is 4.90 Å². The van der Waals surface area contributed by atoms with Gasteiger partial charge in [-0.1, -0.05) is 11.6 Å². The molecule has 11 heteroatoms. The Morgan fingerprint density at radius 1 is 1.42 bits per heavy atom. The highest BCUT2D eigenvalue weighted by Gasteiger charge is 2.55. The maximum atomic E-state index is 14.6. The van der Waals surface area contributed by atoms with Gasteiger partial charge in [0.25, 0.3) is 0 Å². The molecular formula is C20H24Cl2FN5O3. The van der Waals surface area contributed by atoms with Gasteiger partial charge in [0.2, 0.25) is 5.28 Å². The molecule has 0 radical (unpaired) electrons. The SMILES string of the molecule is [2H]C([2H])([2H])OC[C@@]12CC[C@@H](CN(c3nc(Cl)nc4c(F)c(Cl)ncc34)C1)N2C(=O)OC(C)(C)C. The number of carbonyl (C=O) groups excluding carboxylic acids is 1. The molecule has 2 aromatic rings. The van der Waals surface area contributed by atoms with Crippen molar-refractivity contribution in [2.24, 2.45) is 0 Å². The Bertz CT molecular complexity index is 1130. The molecule has 2 aliphatic heterocycles. The number of anilines is 1. The second kappa shape index (κ2) is 7.86. The largest absolute Gasteiger partial charge is 0.444 e. The van der Waals surface area contributed by atoms with E-state index in [4.69, 9.17) is 36.8 Å². The van der Waals surface area contributed by atoms with Gasteiger partial charge in [0.05, 0.1) is 27.7 Å². The van der Waals surface area contributed by atoms with Gasteiger partial charge in [-0.3, -0.25) is 4.90 Å². The minimum atomic E-state index is -2.65. The average Bonchev–Trinajstić information content (AvgIpc) is 2.94. The molecule has 1 amide bonds. The topological polar surface area (TPSA) is 80.7 Å². The molecule has 0 unspecified atom stereocenters. The van der Waals surface area contributed by atoms with Crippen molar-refractivity contribution in [2.75, 3.05) is 31.6 Å². The number of hydrogen-bond acceptors (Lipinski definition) is 7. The minimum absolute atomic E-state index is 0.0790. The van der Waals surface area contributed by atoms with E-state index in [1.165, 1.54) is 6.20 Å². The van der Waals surface area contributed by atoms with Gasteiger partial charge in [-0.2, -0.15) is 4.98 Å². The summed E-state index contributed by atoms with van der Waals surface area (Å²) in [6, 6.07) is -0.322. The van der Waals surface area contributed by atoms with E-state index in [0.29, 0.717) is 30.6 Å². The molecule has 0 N–H and O–H groups in total. The van der Waals surface area contributed by atoms with Gasteiger partial charge in [-0.25, -0.2) is 19.2 Å². The first kappa shape index (κ1) is 18.6. The van der Waals surface area contributed by atoms with E-state index in [2.05, 4.69) is 15.0 Å². The summed E-state index contributed by atoms with van der Waals surface area (Å²) in [5, 5.41) is -0.229. The lowest BCUT2D eigenvalue weighted by atomic mass is 9.96. The van der Waals surface area contributed by atoms with Gasteiger partial charge in [0.1, 0.15) is 16.9 Å². The number of rotatable bonds is 3. The van der Waals surface area contributed by atoms with Gasteiger partial charge in [0, 0.05) is 26.3 Å². The van der Waals surface area contributed by atoms with Crippen molar-refractivity contribution in [3.8, 4) is 0 Å². The Morgan fingerprint density at radius 2 is 2.19 bits per heavy atom. The van der Waals surface area contributed by atoms with E-state index >= 15 is 0 Å². The van der Waals surface area contributed by atoms with Gasteiger partial charge < -0.3 is 14.4 Å². The summed E-state index contributed by atoms with van der Waals surface area (Å²) < 4.78 is 48.0. The number of methoxy groups -OCH3 is 1. The fourth-order valence-electron chi connectivity index (χ4n) is 4.45. The van der Waals surface area contributed by atoms with Crippen LogP contribution in [0.2, 0.25) is 10.4 Å². The molecule has 2 bridgehead atoms. The third-order valence-electron chi connectivity index (χ3n) is 5.56. The van der Waals surface area contributed by atoms with Gasteiger partial charge in [-0.15, -0.1) is 0 Å². The second-order valence-corrected chi connectivity index (χ2v) is 9.57. The lowest BCUT2D eigenvalue weighted by Crippen LogP contribution is -2.66. The number of aromatic nitrogens is 3. The highest BCUT2D eigenvalue weighted by molar-refractivity contribution is 6.30. The van der Waals surface area contributed by atoms with Crippen molar-refractivity contribution in [2.45, 2.75) is 50.8 Å². The maximum absolute atomic E-state index is 14.6. The smallest absolute Gasteiger partial charge is 0.411 e. The van der Waals surface area contributed by atoms with E-state index in [9.17, 15) is 9.18 Å². The van der Waals surface area contributed by atoms with E-state index < -0.39 is 30.1 Å². The Balaban J connectivity index is 1.75. The highest BCUT2D eigenvalue weighted by Crippen LogP contribution is 2.42. The van der Waals surface area contributed by atoms with Crippen LogP contribution in [-0.4, -0.2) is 69.9 Å². The molecule has 2 fully saturated rings. The first-order chi connectivity index (χ1) is 15.7. The average molecular weight is 475 g/mol. The standard InChI is InChI=1S/C20H24Cl2FN5O3/c1-19(2,3)31-18(29)28-11-5-6-20(28,10-30-4)9-27(8-11)16-12-7-24-15(21)13(23)14(12)25-17(22)26-16/h7,11H,5-6,8-10H2,1-4H3/t11-,20+/m0/s1/i4D3. The predicted octanol–water partition coefficient (Wildman–Crippen LogP) is 4.08. The third kappa shape index (κ3) is 3.99. The van der Waals surface area contributed by atoms with Gasteiger partial charge >= 0.3 is 6.09 Å². The lowest BCUT2D eigenvalue weighted by Gasteiger charge is -2.49. The number of fused-ring (bicyclic) bond motifs is 3. The molecule has 0 spiro atoms. The summed E-state index contributed by atoms with van der Waals surface area (Å²) in [6.45, 7) is 5.53. The van der Waals surface area contributed by atoms with Crippen molar-refractivity contribution in [1.82, 2.24) is 19.9 Å². The molecule has 2 aromatic heterocycles. The number of carbonyl (C=O) groups is 1.